The summed E-state index contributed by atoms with van der Waals surface area (Å²) in [5.41, 5.74) is 2.94. The summed E-state index contributed by atoms with van der Waals surface area (Å²) in [6.45, 7) is 4.18. The average molecular weight is 455 g/mol. The highest BCUT2D eigenvalue weighted by Gasteiger charge is 2.26. The maximum atomic E-state index is 13.1. The van der Waals surface area contributed by atoms with Crippen molar-refractivity contribution in [1.29, 1.82) is 0 Å². The summed E-state index contributed by atoms with van der Waals surface area (Å²) in [6.07, 6.45) is 4.69. The summed E-state index contributed by atoms with van der Waals surface area (Å²) in [5, 5.41) is 2.17. The largest absolute Gasteiger partial charge is 0.295 e. The van der Waals surface area contributed by atoms with Gasteiger partial charge in [0.05, 0.1) is 0 Å². The Balaban J connectivity index is 2.00. The van der Waals surface area contributed by atoms with Crippen LogP contribution < -0.4 is 0 Å². The molecule has 0 unspecified atom stereocenters. The van der Waals surface area contributed by atoms with E-state index in [2.05, 4.69) is 11.8 Å². The number of halogens is 4. The molecule has 2 aromatic rings. The molecule has 6 heteroatoms. The van der Waals surface area contributed by atoms with E-state index >= 15 is 0 Å². The van der Waals surface area contributed by atoms with E-state index in [1.807, 2.05) is 24.3 Å². The van der Waals surface area contributed by atoms with Crippen LogP contribution in [0.25, 0.3) is 12.2 Å². The van der Waals surface area contributed by atoms with Crippen LogP contribution >= 0.6 is 46.4 Å². The summed E-state index contributed by atoms with van der Waals surface area (Å²) in [6, 6.07) is 10.5. The van der Waals surface area contributed by atoms with Gasteiger partial charge in [0.25, 0.3) is 0 Å². The second kappa shape index (κ2) is 9.47. The van der Waals surface area contributed by atoms with Crippen LogP contribution in [0.1, 0.15) is 24.5 Å². The van der Waals surface area contributed by atoms with Gasteiger partial charge in [0, 0.05) is 44.3 Å². The zero-order chi connectivity index (χ0) is 20.3. The summed E-state index contributed by atoms with van der Waals surface area (Å²) >= 11 is 24.6. The third kappa shape index (κ3) is 5.20. The lowest BCUT2D eigenvalue weighted by atomic mass is 9.94. The van der Waals surface area contributed by atoms with Crippen molar-refractivity contribution in [3.63, 3.8) is 0 Å². The van der Waals surface area contributed by atoms with Gasteiger partial charge in [0.15, 0.2) is 5.78 Å². The van der Waals surface area contributed by atoms with Crippen LogP contribution in [0.4, 0.5) is 0 Å². The van der Waals surface area contributed by atoms with Crippen molar-refractivity contribution >= 4 is 64.3 Å². The minimum Gasteiger partial charge on any atom is -0.295 e. The summed E-state index contributed by atoms with van der Waals surface area (Å²) < 4.78 is 0. The first-order chi connectivity index (χ1) is 13.4. The molecule has 0 aromatic heterocycles. The SMILES string of the molecule is CCCN1C/C(=C/c2ccc(Cl)cc2Cl)C(=O)/C(=C/c2ccc(Cl)cc2Cl)C1. The number of carbonyl (C=O) groups is 1. The summed E-state index contributed by atoms with van der Waals surface area (Å²) in [4.78, 5) is 15.4. The summed E-state index contributed by atoms with van der Waals surface area (Å²) in [5.74, 6) is 0.00406. The molecule has 0 bridgehead atoms. The number of benzene rings is 2. The highest BCUT2D eigenvalue weighted by molar-refractivity contribution is 6.36. The molecular weight excluding hydrogens is 436 g/mol. The molecule has 1 aliphatic rings. The first kappa shape index (κ1) is 21.4. The zero-order valence-electron chi connectivity index (χ0n) is 15.3. The maximum Gasteiger partial charge on any atom is 0.187 e. The number of Topliss-reactive ketones (excluding diaryl/α,β-unsaturated/α-hetero) is 1. The van der Waals surface area contributed by atoms with Crippen LogP contribution in [0.3, 0.4) is 0 Å². The predicted molar refractivity (Wildman–Crippen MR) is 121 cm³/mol. The van der Waals surface area contributed by atoms with Gasteiger partial charge in [0.1, 0.15) is 0 Å². The number of likely N-dealkylation sites (tertiary alicyclic amines) is 1. The van der Waals surface area contributed by atoms with Crippen LogP contribution in [0.15, 0.2) is 47.5 Å². The molecule has 2 nitrogen and oxygen atoms in total. The van der Waals surface area contributed by atoms with Crippen molar-refractivity contribution in [2.45, 2.75) is 13.3 Å². The van der Waals surface area contributed by atoms with E-state index in [1.165, 1.54) is 0 Å². The van der Waals surface area contributed by atoms with Gasteiger partial charge < -0.3 is 0 Å². The minimum absolute atomic E-state index is 0.00406. The Morgan fingerprint density at radius 3 is 1.71 bits per heavy atom. The van der Waals surface area contributed by atoms with Gasteiger partial charge >= 0.3 is 0 Å². The molecule has 1 saturated heterocycles. The highest BCUT2D eigenvalue weighted by Crippen LogP contribution is 2.28. The van der Waals surface area contributed by atoms with Gasteiger partial charge in [-0.3, -0.25) is 9.69 Å². The van der Waals surface area contributed by atoms with E-state index in [0.29, 0.717) is 44.3 Å². The smallest absolute Gasteiger partial charge is 0.187 e. The topological polar surface area (TPSA) is 20.3 Å². The molecule has 1 heterocycles. The Morgan fingerprint density at radius 1 is 0.857 bits per heavy atom. The lowest BCUT2D eigenvalue weighted by molar-refractivity contribution is -0.113. The fourth-order valence-electron chi connectivity index (χ4n) is 3.20. The van der Waals surface area contributed by atoms with E-state index in [9.17, 15) is 4.79 Å². The van der Waals surface area contributed by atoms with Crippen LogP contribution in [0.5, 0.6) is 0 Å². The molecule has 0 saturated carbocycles. The van der Waals surface area contributed by atoms with Gasteiger partial charge in [0.2, 0.25) is 0 Å². The normalized spacial score (nSPS) is 18.2. The maximum absolute atomic E-state index is 13.1. The number of hydrogen-bond acceptors (Lipinski definition) is 2. The molecule has 0 atom stereocenters. The van der Waals surface area contributed by atoms with Crippen molar-refractivity contribution in [2.75, 3.05) is 19.6 Å². The number of carbonyl (C=O) groups excluding carboxylic acids is 1. The fourth-order valence-corrected chi connectivity index (χ4v) is 4.12. The third-order valence-electron chi connectivity index (χ3n) is 4.50. The number of hydrogen-bond donors (Lipinski definition) is 0. The van der Waals surface area contributed by atoms with Gasteiger partial charge in [-0.1, -0.05) is 65.5 Å². The molecule has 0 radical (unpaired) electrons. The van der Waals surface area contributed by atoms with Crippen LogP contribution in [-0.4, -0.2) is 30.3 Å². The second-order valence-corrected chi connectivity index (χ2v) is 8.40. The quantitative estimate of drug-likeness (QED) is 0.460. The van der Waals surface area contributed by atoms with Gasteiger partial charge in [-0.25, -0.2) is 0 Å². The summed E-state index contributed by atoms with van der Waals surface area (Å²) in [7, 11) is 0. The molecule has 1 fully saturated rings. The molecule has 0 spiro atoms. The molecule has 146 valence electrons. The van der Waals surface area contributed by atoms with Gasteiger partial charge in [-0.2, -0.15) is 0 Å². The number of ketones is 1. The second-order valence-electron chi connectivity index (χ2n) is 6.71. The van der Waals surface area contributed by atoms with Crippen molar-refractivity contribution in [3.8, 4) is 0 Å². The molecule has 0 amide bonds. The van der Waals surface area contributed by atoms with Crippen molar-refractivity contribution in [1.82, 2.24) is 4.90 Å². The number of rotatable bonds is 4. The Labute approximate surface area is 185 Å². The average Bonchev–Trinajstić information content (AvgIpc) is 2.63. The first-order valence-electron chi connectivity index (χ1n) is 8.95. The standard InChI is InChI=1S/C22H19Cl4NO/c1-2-7-27-12-16(8-14-3-5-18(23)10-20(14)25)22(28)17(13-27)9-15-4-6-19(24)11-21(15)26/h3-6,8-11H,2,7,12-13H2,1H3/b16-8-,17-9+. The number of nitrogens with zero attached hydrogens (tertiary/aromatic N) is 1. The Bertz CT molecular complexity index is 892. The zero-order valence-corrected chi connectivity index (χ0v) is 18.3. The minimum atomic E-state index is 0.00406. The molecule has 28 heavy (non-hydrogen) atoms. The lowest BCUT2D eigenvalue weighted by Crippen LogP contribution is -2.38. The van der Waals surface area contributed by atoms with Crippen molar-refractivity contribution < 1.29 is 4.79 Å². The Hall–Kier alpha value is -1.29. The van der Waals surface area contributed by atoms with E-state index in [4.69, 9.17) is 46.4 Å². The monoisotopic (exact) mass is 453 g/mol. The van der Waals surface area contributed by atoms with Crippen molar-refractivity contribution in [2.24, 2.45) is 0 Å². The highest BCUT2D eigenvalue weighted by atomic mass is 35.5. The van der Waals surface area contributed by atoms with E-state index in [-0.39, 0.29) is 5.78 Å². The van der Waals surface area contributed by atoms with Gasteiger partial charge in [-0.05, 0) is 60.5 Å². The molecule has 3 rings (SSSR count). The first-order valence-corrected chi connectivity index (χ1v) is 10.5. The van der Waals surface area contributed by atoms with E-state index in [1.54, 1.807) is 24.3 Å². The predicted octanol–water partition coefficient (Wildman–Crippen LogP) is 7.06. The van der Waals surface area contributed by atoms with Gasteiger partial charge in [-0.15, -0.1) is 0 Å². The van der Waals surface area contributed by atoms with Crippen LogP contribution in [0, 0.1) is 0 Å². The molecular formula is C22H19Cl4NO. The molecule has 0 aliphatic carbocycles. The Morgan fingerprint density at radius 2 is 1.32 bits per heavy atom. The molecule has 1 aliphatic heterocycles. The van der Waals surface area contributed by atoms with E-state index < -0.39 is 0 Å². The lowest BCUT2D eigenvalue weighted by Gasteiger charge is -2.29. The van der Waals surface area contributed by atoms with Crippen LogP contribution in [-0.2, 0) is 4.79 Å². The van der Waals surface area contributed by atoms with E-state index in [0.717, 1.165) is 24.1 Å². The fraction of sp³-hybridized carbons (Fsp3) is 0.227. The molecule has 2 aromatic carbocycles. The van der Waals surface area contributed by atoms with Crippen LogP contribution in [0.2, 0.25) is 20.1 Å². The number of piperidine rings is 1. The van der Waals surface area contributed by atoms with Crippen molar-refractivity contribution in [3.05, 3.63) is 78.8 Å². The molecule has 0 N–H and O–H groups in total. The Kier molecular flexibility index (Phi) is 7.25. The third-order valence-corrected chi connectivity index (χ3v) is 5.62.